The Bertz CT molecular complexity index is 503. The van der Waals surface area contributed by atoms with Crippen LogP contribution in [-0.2, 0) is 11.3 Å². The molecule has 1 saturated carbocycles. The first-order chi connectivity index (χ1) is 9.74. The van der Waals surface area contributed by atoms with Crippen LogP contribution in [0.15, 0.2) is 24.3 Å². The summed E-state index contributed by atoms with van der Waals surface area (Å²) in [5.74, 6) is 0.147. The van der Waals surface area contributed by atoms with Crippen LogP contribution < -0.4 is 5.32 Å². The van der Waals surface area contributed by atoms with Gasteiger partial charge in [0.15, 0.2) is 0 Å². The summed E-state index contributed by atoms with van der Waals surface area (Å²) >= 11 is 0. The van der Waals surface area contributed by atoms with Gasteiger partial charge in [-0.3, -0.25) is 4.79 Å². The molecule has 106 valence electrons. The second-order valence-corrected chi connectivity index (χ2v) is 5.16. The third-order valence-corrected chi connectivity index (χ3v) is 3.58. The molecule has 1 N–H and O–H groups in total. The van der Waals surface area contributed by atoms with Crippen LogP contribution in [-0.4, -0.2) is 29.9 Å². The van der Waals surface area contributed by atoms with Crippen LogP contribution in [0.25, 0.3) is 0 Å². The first-order valence-electron chi connectivity index (χ1n) is 7.23. The van der Waals surface area contributed by atoms with Crippen molar-refractivity contribution < 1.29 is 4.79 Å². The molecule has 20 heavy (non-hydrogen) atoms. The maximum absolute atomic E-state index is 12.2. The van der Waals surface area contributed by atoms with Gasteiger partial charge < -0.3 is 10.2 Å². The number of hydrogen-bond acceptors (Lipinski definition) is 3. The summed E-state index contributed by atoms with van der Waals surface area (Å²) in [6, 6.07) is 10.3. The molecule has 4 heteroatoms. The molecule has 1 aromatic carbocycles. The molecule has 2 rings (SSSR count). The van der Waals surface area contributed by atoms with E-state index in [-0.39, 0.29) is 5.91 Å². The van der Waals surface area contributed by atoms with E-state index in [0.717, 1.165) is 12.1 Å². The van der Waals surface area contributed by atoms with E-state index in [9.17, 15) is 4.79 Å². The van der Waals surface area contributed by atoms with Crippen molar-refractivity contribution in [2.75, 3.05) is 13.1 Å². The van der Waals surface area contributed by atoms with Gasteiger partial charge in [0, 0.05) is 32.1 Å². The van der Waals surface area contributed by atoms with E-state index in [0.29, 0.717) is 31.1 Å². The third kappa shape index (κ3) is 4.07. The summed E-state index contributed by atoms with van der Waals surface area (Å²) in [4.78, 5) is 14.0. The van der Waals surface area contributed by atoms with E-state index in [1.54, 1.807) is 6.07 Å². The molecule has 0 bridgehead atoms. The number of nitrogens with one attached hydrogen (secondary N) is 1. The van der Waals surface area contributed by atoms with Gasteiger partial charge in [0.25, 0.3) is 0 Å². The number of rotatable bonds is 7. The fourth-order valence-corrected chi connectivity index (χ4v) is 2.18. The quantitative estimate of drug-likeness (QED) is 0.825. The monoisotopic (exact) mass is 271 g/mol. The second kappa shape index (κ2) is 7.06. The lowest BCUT2D eigenvalue weighted by atomic mass is 10.1. The molecule has 1 aromatic rings. The van der Waals surface area contributed by atoms with E-state index < -0.39 is 0 Å². The summed E-state index contributed by atoms with van der Waals surface area (Å²) in [7, 11) is 0. The molecule has 0 radical (unpaired) electrons. The smallest absolute Gasteiger partial charge is 0.224 e. The van der Waals surface area contributed by atoms with Crippen LogP contribution in [0.5, 0.6) is 0 Å². The van der Waals surface area contributed by atoms with Crippen LogP contribution in [0.1, 0.15) is 37.3 Å². The number of nitriles is 1. The standard InChI is InChI=1S/C16H21N3O/c1-2-19(16(20)9-10-18-15-7-8-15)12-14-6-4-3-5-13(14)11-17/h3-6,15,18H,2,7-10,12H2,1H3. The maximum Gasteiger partial charge on any atom is 0.224 e. The van der Waals surface area contributed by atoms with Gasteiger partial charge in [-0.15, -0.1) is 0 Å². The Labute approximate surface area is 120 Å². The van der Waals surface area contributed by atoms with Crippen molar-refractivity contribution >= 4 is 5.91 Å². The Morgan fingerprint density at radius 2 is 2.20 bits per heavy atom. The normalized spacial score (nSPS) is 13.8. The number of benzene rings is 1. The molecule has 1 aliphatic carbocycles. The van der Waals surface area contributed by atoms with Gasteiger partial charge in [0.2, 0.25) is 5.91 Å². The Morgan fingerprint density at radius 3 is 2.85 bits per heavy atom. The summed E-state index contributed by atoms with van der Waals surface area (Å²) in [5.41, 5.74) is 1.57. The minimum Gasteiger partial charge on any atom is -0.339 e. The lowest BCUT2D eigenvalue weighted by Gasteiger charge is -2.21. The van der Waals surface area contributed by atoms with Crippen molar-refractivity contribution in [3.05, 3.63) is 35.4 Å². The molecule has 0 heterocycles. The molecule has 0 saturated heterocycles. The number of hydrogen-bond donors (Lipinski definition) is 1. The Hall–Kier alpha value is -1.86. The van der Waals surface area contributed by atoms with Gasteiger partial charge in [-0.1, -0.05) is 18.2 Å². The second-order valence-electron chi connectivity index (χ2n) is 5.16. The molecule has 0 aromatic heterocycles. The first-order valence-corrected chi connectivity index (χ1v) is 7.23. The summed E-state index contributed by atoms with van der Waals surface area (Å²) < 4.78 is 0. The van der Waals surface area contributed by atoms with Gasteiger partial charge in [0.1, 0.15) is 0 Å². The Balaban J connectivity index is 1.89. The minimum atomic E-state index is 0.147. The number of carbonyl (C=O) groups is 1. The largest absolute Gasteiger partial charge is 0.339 e. The minimum absolute atomic E-state index is 0.147. The zero-order valence-corrected chi connectivity index (χ0v) is 11.9. The third-order valence-electron chi connectivity index (χ3n) is 3.58. The zero-order chi connectivity index (χ0) is 14.4. The van der Waals surface area contributed by atoms with Gasteiger partial charge >= 0.3 is 0 Å². The van der Waals surface area contributed by atoms with Crippen LogP contribution in [0.3, 0.4) is 0 Å². The fraction of sp³-hybridized carbons (Fsp3) is 0.500. The first kappa shape index (κ1) is 14.5. The molecule has 1 aliphatic rings. The van der Waals surface area contributed by atoms with Gasteiger partial charge in [-0.2, -0.15) is 5.26 Å². The van der Waals surface area contributed by atoms with Crippen LogP contribution >= 0.6 is 0 Å². The van der Waals surface area contributed by atoms with E-state index in [1.165, 1.54) is 12.8 Å². The average molecular weight is 271 g/mol. The highest BCUT2D eigenvalue weighted by atomic mass is 16.2. The average Bonchev–Trinajstić information content (AvgIpc) is 3.29. The van der Waals surface area contributed by atoms with Crippen molar-refractivity contribution in [3.63, 3.8) is 0 Å². The van der Waals surface area contributed by atoms with Gasteiger partial charge in [0.05, 0.1) is 11.6 Å². The van der Waals surface area contributed by atoms with E-state index >= 15 is 0 Å². The molecule has 1 amide bonds. The van der Waals surface area contributed by atoms with E-state index in [1.807, 2.05) is 30.0 Å². The Morgan fingerprint density at radius 1 is 1.45 bits per heavy atom. The van der Waals surface area contributed by atoms with E-state index in [4.69, 9.17) is 5.26 Å². The SMILES string of the molecule is CCN(Cc1ccccc1C#N)C(=O)CCNC1CC1. The van der Waals surface area contributed by atoms with E-state index in [2.05, 4.69) is 11.4 Å². The number of amides is 1. The molecular formula is C16H21N3O. The Kier molecular flexibility index (Phi) is 5.14. The summed E-state index contributed by atoms with van der Waals surface area (Å²) in [5, 5.41) is 12.4. The van der Waals surface area contributed by atoms with Crippen molar-refractivity contribution in [2.24, 2.45) is 0 Å². The molecule has 0 unspecified atom stereocenters. The van der Waals surface area contributed by atoms with Gasteiger partial charge in [-0.25, -0.2) is 0 Å². The fourth-order valence-electron chi connectivity index (χ4n) is 2.18. The summed E-state index contributed by atoms with van der Waals surface area (Å²) in [6.07, 6.45) is 3.00. The zero-order valence-electron chi connectivity index (χ0n) is 11.9. The van der Waals surface area contributed by atoms with Crippen molar-refractivity contribution in [1.29, 1.82) is 5.26 Å². The maximum atomic E-state index is 12.2. The molecule has 0 spiro atoms. The topological polar surface area (TPSA) is 56.1 Å². The van der Waals surface area contributed by atoms with Crippen LogP contribution in [0.2, 0.25) is 0 Å². The predicted octanol–water partition coefficient (Wildman–Crippen LogP) is 2.05. The van der Waals surface area contributed by atoms with Gasteiger partial charge in [-0.05, 0) is 31.4 Å². The number of nitrogens with zero attached hydrogens (tertiary/aromatic N) is 2. The molecule has 1 fully saturated rings. The summed E-state index contributed by atoms with van der Waals surface area (Å²) in [6.45, 7) is 3.91. The molecule has 0 atom stereocenters. The molecule has 4 nitrogen and oxygen atoms in total. The lowest BCUT2D eigenvalue weighted by molar-refractivity contribution is -0.131. The highest BCUT2D eigenvalue weighted by Gasteiger charge is 2.21. The van der Waals surface area contributed by atoms with Crippen molar-refractivity contribution in [2.45, 2.75) is 38.8 Å². The predicted molar refractivity (Wildman–Crippen MR) is 77.9 cm³/mol. The van der Waals surface area contributed by atoms with Crippen LogP contribution in [0.4, 0.5) is 0 Å². The molecule has 0 aliphatic heterocycles. The number of carbonyl (C=O) groups excluding carboxylic acids is 1. The van der Waals surface area contributed by atoms with Crippen molar-refractivity contribution in [3.8, 4) is 6.07 Å². The van der Waals surface area contributed by atoms with Crippen LogP contribution in [0, 0.1) is 11.3 Å². The molecular weight excluding hydrogens is 250 g/mol. The highest BCUT2D eigenvalue weighted by molar-refractivity contribution is 5.76. The highest BCUT2D eigenvalue weighted by Crippen LogP contribution is 2.18. The lowest BCUT2D eigenvalue weighted by Crippen LogP contribution is -2.33. The van der Waals surface area contributed by atoms with Crippen molar-refractivity contribution in [1.82, 2.24) is 10.2 Å².